The number of carbonyl (C=O) groups is 1. The second kappa shape index (κ2) is 7.76. The van der Waals surface area contributed by atoms with Gasteiger partial charge in [-0.25, -0.2) is 4.79 Å². The lowest BCUT2D eigenvalue weighted by Gasteiger charge is -2.22. The minimum Gasteiger partial charge on any atom is -0.459 e. The van der Waals surface area contributed by atoms with Crippen LogP contribution in [-0.4, -0.2) is 34.5 Å². The van der Waals surface area contributed by atoms with Gasteiger partial charge in [0.15, 0.2) is 0 Å². The van der Waals surface area contributed by atoms with Crippen LogP contribution in [0.25, 0.3) is 6.08 Å². The van der Waals surface area contributed by atoms with E-state index >= 15 is 0 Å². The number of ether oxygens (including phenoxy) is 1. The maximum absolute atomic E-state index is 11.1. The van der Waals surface area contributed by atoms with Gasteiger partial charge in [0.1, 0.15) is 6.10 Å². The molecule has 2 N–H and O–H groups in total. The number of hydrogen-bond acceptors (Lipinski definition) is 4. The van der Waals surface area contributed by atoms with E-state index < -0.39 is 12.2 Å². The molecule has 2 rings (SSSR count). The Hall–Kier alpha value is -1.91. The molecule has 0 amide bonds. The molecule has 1 heterocycles. The number of aliphatic hydroxyl groups excluding tert-OH is 2. The van der Waals surface area contributed by atoms with Crippen LogP contribution in [0.15, 0.2) is 48.6 Å². The van der Waals surface area contributed by atoms with E-state index in [4.69, 9.17) is 4.74 Å². The summed E-state index contributed by atoms with van der Waals surface area (Å²) in [6, 6.07) is 9.65. The lowest BCUT2D eigenvalue weighted by Crippen LogP contribution is -2.27. The van der Waals surface area contributed by atoms with E-state index in [9.17, 15) is 15.0 Å². The molecule has 0 saturated heterocycles. The van der Waals surface area contributed by atoms with E-state index in [0.29, 0.717) is 12.8 Å². The summed E-state index contributed by atoms with van der Waals surface area (Å²) in [4.78, 5) is 11.1. The van der Waals surface area contributed by atoms with Crippen LogP contribution in [0.2, 0.25) is 0 Å². The van der Waals surface area contributed by atoms with Crippen LogP contribution in [0.3, 0.4) is 0 Å². The smallest absolute Gasteiger partial charge is 0.330 e. The van der Waals surface area contributed by atoms with Gasteiger partial charge in [0, 0.05) is 25.3 Å². The molecule has 0 saturated carbocycles. The summed E-state index contributed by atoms with van der Waals surface area (Å²) in [5.41, 5.74) is 0.998. The number of cyclic esters (lactones) is 1. The predicted octanol–water partition coefficient (Wildman–Crippen LogP) is 2.07. The minimum absolute atomic E-state index is 0.223. The van der Waals surface area contributed by atoms with Crippen molar-refractivity contribution in [3.8, 4) is 0 Å². The van der Waals surface area contributed by atoms with Crippen LogP contribution in [0, 0.1) is 0 Å². The molecule has 1 aromatic carbocycles. The topological polar surface area (TPSA) is 66.8 Å². The van der Waals surface area contributed by atoms with Crippen molar-refractivity contribution < 1.29 is 19.7 Å². The van der Waals surface area contributed by atoms with Gasteiger partial charge < -0.3 is 14.9 Å². The molecular weight excluding hydrogens is 268 g/mol. The molecule has 21 heavy (non-hydrogen) atoms. The Morgan fingerprint density at radius 3 is 2.76 bits per heavy atom. The SMILES string of the molecule is O=C1C=CC[C@H](C[C@@H](O)C[C@@H](O)/C=C/c2ccccc2)O1. The summed E-state index contributed by atoms with van der Waals surface area (Å²) >= 11 is 0. The number of rotatable bonds is 6. The predicted molar refractivity (Wildman–Crippen MR) is 80.4 cm³/mol. The molecule has 112 valence electrons. The van der Waals surface area contributed by atoms with Crippen molar-refractivity contribution in [1.29, 1.82) is 0 Å². The summed E-state index contributed by atoms with van der Waals surface area (Å²) < 4.78 is 5.08. The zero-order valence-corrected chi connectivity index (χ0v) is 11.8. The molecular formula is C17H20O4. The first-order valence-corrected chi connectivity index (χ1v) is 7.10. The Kier molecular flexibility index (Phi) is 5.72. The monoisotopic (exact) mass is 288 g/mol. The van der Waals surface area contributed by atoms with Gasteiger partial charge in [0.05, 0.1) is 12.2 Å². The standard InChI is InChI=1S/C17H20O4/c18-14(10-9-13-5-2-1-3-6-13)11-15(19)12-16-7-4-8-17(20)21-16/h1-6,8-10,14-16,18-19H,7,11-12H2/b10-9+/t14-,15-,16+/m0/s1. The normalized spacial score (nSPS) is 21.2. The van der Waals surface area contributed by atoms with Crippen LogP contribution in [0.4, 0.5) is 0 Å². The van der Waals surface area contributed by atoms with Crippen LogP contribution in [0.5, 0.6) is 0 Å². The van der Waals surface area contributed by atoms with Crippen molar-refractivity contribution in [2.24, 2.45) is 0 Å². The fraction of sp³-hybridized carbons (Fsp3) is 0.353. The van der Waals surface area contributed by atoms with E-state index in [1.54, 1.807) is 12.2 Å². The average Bonchev–Trinajstić information content (AvgIpc) is 2.46. The molecule has 3 atom stereocenters. The average molecular weight is 288 g/mol. The fourth-order valence-corrected chi connectivity index (χ4v) is 2.26. The Labute approximate surface area is 124 Å². The molecule has 0 spiro atoms. The van der Waals surface area contributed by atoms with Crippen molar-refractivity contribution in [2.75, 3.05) is 0 Å². The Bertz CT molecular complexity index is 507. The first kappa shape index (κ1) is 15.5. The van der Waals surface area contributed by atoms with Crippen LogP contribution in [0.1, 0.15) is 24.8 Å². The molecule has 0 aliphatic carbocycles. The second-order valence-corrected chi connectivity index (χ2v) is 5.16. The van der Waals surface area contributed by atoms with E-state index in [-0.39, 0.29) is 18.5 Å². The number of hydrogen-bond donors (Lipinski definition) is 2. The van der Waals surface area contributed by atoms with Crippen molar-refractivity contribution >= 4 is 12.0 Å². The third kappa shape index (κ3) is 5.53. The lowest BCUT2D eigenvalue weighted by molar-refractivity contribution is -0.145. The van der Waals surface area contributed by atoms with Gasteiger partial charge in [0.2, 0.25) is 0 Å². The molecule has 1 aliphatic rings. The number of carbonyl (C=O) groups excluding carboxylic acids is 1. The first-order chi connectivity index (χ1) is 10.1. The van der Waals surface area contributed by atoms with Crippen molar-refractivity contribution in [2.45, 2.75) is 37.6 Å². The second-order valence-electron chi connectivity index (χ2n) is 5.16. The van der Waals surface area contributed by atoms with Gasteiger partial charge in [0.25, 0.3) is 0 Å². The lowest BCUT2D eigenvalue weighted by atomic mass is 10.0. The van der Waals surface area contributed by atoms with Crippen molar-refractivity contribution in [3.05, 3.63) is 54.1 Å². The van der Waals surface area contributed by atoms with Gasteiger partial charge in [-0.2, -0.15) is 0 Å². The number of benzene rings is 1. The molecule has 0 bridgehead atoms. The minimum atomic E-state index is -0.727. The molecule has 1 aromatic rings. The number of esters is 1. The summed E-state index contributed by atoms with van der Waals surface area (Å²) in [6.07, 6.45) is 6.05. The molecule has 4 nitrogen and oxygen atoms in total. The first-order valence-electron chi connectivity index (χ1n) is 7.10. The van der Waals surface area contributed by atoms with Crippen LogP contribution >= 0.6 is 0 Å². The van der Waals surface area contributed by atoms with Gasteiger partial charge in [-0.3, -0.25) is 0 Å². The highest BCUT2D eigenvalue weighted by molar-refractivity contribution is 5.82. The van der Waals surface area contributed by atoms with Gasteiger partial charge >= 0.3 is 5.97 Å². The maximum Gasteiger partial charge on any atom is 0.330 e. The highest BCUT2D eigenvalue weighted by atomic mass is 16.5. The van der Waals surface area contributed by atoms with Crippen LogP contribution in [-0.2, 0) is 9.53 Å². The Morgan fingerprint density at radius 1 is 1.29 bits per heavy atom. The Balaban J connectivity index is 1.77. The zero-order chi connectivity index (χ0) is 15.1. The molecule has 4 heteroatoms. The van der Waals surface area contributed by atoms with Gasteiger partial charge in [-0.1, -0.05) is 48.6 Å². The summed E-state index contributed by atoms with van der Waals surface area (Å²) in [5.74, 6) is -0.372. The maximum atomic E-state index is 11.1. The highest BCUT2D eigenvalue weighted by Crippen LogP contribution is 2.16. The molecule has 0 unspecified atom stereocenters. The fourth-order valence-electron chi connectivity index (χ4n) is 2.26. The molecule has 1 aliphatic heterocycles. The van der Waals surface area contributed by atoms with E-state index in [1.165, 1.54) is 6.08 Å². The molecule has 0 radical (unpaired) electrons. The number of aliphatic hydroxyl groups is 2. The largest absolute Gasteiger partial charge is 0.459 e. The third-order valence-corrected chi connectivity index (χ3v) is 3.29. The van der Waals surface area contributed by atoms with E-state index in [0.717, 1.165) is 5.56 Å². The molecule has 0 fully saturated rings. The third-order valence-electron chi connectivity index (χ3n) is 3.29. The van der Waals surface area contributed by atoms with E-state index in [1.807, 2.05) is 36.4 Å². The Morgan fingerprint density at radius 2 is 2.05 bits per heavy atom. The van der Waals surface area contributed by atoms with Gasteiger partial charge in [-0.05, 0) is 5.56 Å². The summed E-state index contributed by atoms with van der Waals surface area (Å²) in [6.45, 7) is 0. The highest BCUT2D eigenvalue weighted by Gasteiger charge is 2.20. The zero-order valence-electron chi connectivity index (χ0n) is 11.8. The summed E-state index contributed by atoms with van der Waals surface area (Å²) in [7, 11) is 0. The van der Waals surface area contributed by atoms with Crippen molar-refractivity contribution in [3.63, 3.8) is 0 Å². The van der Waals surface area contributed by atoms with Crippen molar-refractivity contribution in [1.82, 2.24) is 0 Å². The summed E-state index contributed by atoms with van der Waals surface area (Å²) in [5, 5.41) is 19.8. The van der Waals surface area contributed by atoms with Crippen LogP contribution < -0.4 is 0 Å². The van der Waals surface area contributed by atoms with Gasteiger partial charge in [-0.15, -0.1) is 0 Å². The van der Waals surface area contributed by atoms with E-state index in [2.05, 4.69) is 0 Å². The molecule has 0 aromatic heterocycles. The quantitative estimate of drug-likeness (QED) is 0.786.